The lowest BCUT2D eigenvalue weighted by Gasteiger charge is -2.11. The van der Waals surface area contributed by atoms with Crippen molar-refractivity contribution in [2.24, 2.45) is 0 Å². The summed E-state index contributed by atoms with van der Waals surface area (Å²) in [4.78, 5) is 9.44. The molecule has 1 aliphatic carbocycles. The third-order valence-corrected chi connectivity index (χ3v) is 8.63. The quantitative estimate of drug-likeness (QED) is 0.0842. The zero-order valence-electron chi connectivity index (χ0n) is 55.6. The fourth-order valence-electron chi connectivity index (χ4n) is 4.91. The Labute approximate surface area is 486 Å². The molecular formula is C73H125NO2S. The molecule has 0 spiro atoms. The predicted molar refractivity (Wildman–Crippen MR) is 368 cm³/mol. The molecule has 0 amide bonds. The summed E-state index contributed by atoms with van der Waals surface area (Å²) in [6.45, 7) is 45.7. The van der Waals surface area contributed by atoms with Crippen LogP contribution in [-0.4, -0.2) is 46.6 Å². The molecule has 0 aliphatic heterocycles. The number of carbonyl (C=O) groups is 1. The van der Waals surface area contributed by atoms with Crippen LogP contribution >= 0.6 is 11.8 Å². The third-order valence-electron chi connectivity index (χ3n) is 8.63. The van der Waals surface area contributed by atoms with Crippen LogP contribution in [0.2, 0.25) is 0 Å². The highest BCUT2D eigenvalue weighted by Gasteiger charge is 2.04. The van der Waals surface area contributed by atoms with E-state index in [1.54, 1.807) is 26.0 Å². The van der Waals surface area contributed by atoms with Crippen molar-refractivity contribution in [2.75, 3.05) is 40.8 Å². The number of ketones is 1. The van der Waals surface area contributed by atoms with Crippen molar-refractivity contribution >= 4 is 45.2 Å². The van der Waals surface area contributed by atoms with Crippen molar-refractivity contribution in [1.29, 1.82) is 0 Å². The number of methoxy groups -OCH3 is 1. The number of Topliss-reactive ketones (excluding diaryl/α,β-unsaturated/α-hetero) is 1. The molecular weight excluding hydrogens is 955 g/mol. The van der Waals surface area contributed by atoms with Gasteiger partial charge in [-0.05, 0) is 179 Å². The number of hydrogen-bond donors (Lipinski definition) is 1. The monoisotopic (exact) mass is 1080 g/mol. The van der Waals surface area contributed by atoms with E-state index >= 15 is 0 Å². The second-order valence-electron chi connectivity index (χ2n) is 17.4. The summed E-state index contributed by atoms with van der Waals surface area (Å²) < 4.78 is 4.25. The number of carbonyl (C=O) groups excluding carboxylic acids is 1. The minimum absolute atomic E-state index is 0.167. The van der Waals surface area contributed by atoms with Crippen LogP contribution in [0.5, 0.6) is 0 Å². The second kappa shape index (κ2) is 82.4. The molecule has 1 N–H and O–H groups in total. The van der Waals surface area contributed by atoms with Gasteiger partial charge in [0.05, 0.1) is 0 Å². The number of nitrogens with one attached hydrogen (secondary N) is 1. The van der Waals surface area contributed by atoms with Gasteiger partial charge in [-0.1, -0.05) is 245 Å². The molecule has 77 heavy (non-hydrogen) atoms. The molecule has 0 unspecified atom stereocenters. The van der Waals surface area contributed by atoms with E-state index in [1.165, 1.54) is 127 Å². The summed E-state index contributed by atoms with van der Waals surface area (Å²) in [6.07, 6.45) is 28.4. The fraction of sp³-hybridized carbons (Fsp3) is 0.493. The van der Waals surface area contributed by atoms with E-state index in [1.807, 2.05) is 138 Å². The van der Waals surface area contributed by atoms with E-state index in [0.717, 1.165) is 0 Å². The van der Waals surface area contributed by atoms with Gasteiger partial charge in [0.25, 0.3) is 0 Å². The second-order valence-corrected chi connectivity index (χ2v) is 18.2. The third kappa shape index (κ3) is 80.1. The van der Waals surface area contributed by atoms with Crippen molar-refractivity contribution in [1.82, 2.24) is 5.32 Å². The first-order chi connectivity index (χ1) is 36.8. The summed E-state index contributed by atoms with van der Waals surface area (Å²) in [5.41, 5.74) is 8.22. The number of hydrogen-bond acceptors (Lipinski definition) is 4. The minimum atomic E-state index is 0.167. The lowest BCUT2D eigenvalue weighted by Crippen LogP contribution is -1.95. The van der Waals surface area contributed by atoms with Gasteiger partial charge in [-0.3, -0.25) is 0 Å². The van der Waals surface area contributed by atoms with E-state index < -0.39 is 0 Å². The Morgan fingerprint density at radius 1 is 0.623 bits per heavy atom. The van der Waals surface area contributed by atoms with Gasteiger partial charge in [-0.15, -0.1) is 18.4 Å². The van der Waals surface area contributed by atoms with Gasteiger partial charge in [-0.2, -0.15) is 11.8 Å². The first-order valence-electron chi connectivity index (χ1n) is 28.4. The average molecular weight is 1080 g/mol. The smallest absolute Gasteiger partial charge is 0.126 e. The molecule has 0 saturated heterocycles. The Kier molecular flexibility index (Phi) is 98.0. The molecule has 0 heterocycles. The van der Waals surface area contributed by atoms with Crippen molar-refractivity contribution in [3.05, 3.63) is 173 Å². The van der Waals surface area contributed by atoms with Crippen molar-refractivity contribution in [3.63, 3.8) is 0 Å². The van der Waals surface area contributed by atoms with Gasteiger partial charge >= 0.3 is 0 Å². The van der Waals surface area contributed by atoms with E-state index in [-0.39, 0.29) is 5.78 Å². The Balaban J connectivity index is -0.0000000966. The molecule has 0 bridgehead atoms. The average Bonchev–Trinajstić information content (AvgIpc) is 3.43. The highest BCUT2D eigenvalue weighted by atomic mass is 32.2. The molecule has 4 heteroatoms. The van der Waals surface area contributed by atoms with Crippen LogP contribution in [-0.2, 0) is 16.0 Å². The number of fused-ring (bicyclic) bond motifs is 3. The number of benzene rings is 5. The Hall–Kier alpha value is -4.92. The van der Waals surface area contributed by atoms with Crippen LogP contribution in [0.15, 0.2) is 146 Å². The number of aryl methyl sites for hydroxylation is 4. The largest absolute Gasteiger partial charge is 0.388 e. The van der Waals surface area contributed by atoms with E-state index in [4.69, 9.17) is 0 Å². The standard InChI is InChI=1S/C15H12.C11H12.C7H8.C6H14.C4H8.C4H10.2C4H8.C4H6.C3H6O.C3H8.C2H7N.C2H6O.C2H6S.C2H6/c1-11-14-8-4-2-6-12(14)10-13-7-3-5-9-15(11)13;1-9-5-4-7-10-6-2-3-8-11(9)10;1-7-5-3-2-4-6-7;1-3-5-6-4-2;1-4(2)3;4*1-3-4-2;1-3(2)4;4*1-3-2;1-2/h2-10H,1H3;3-5,7-8H,2,6H2,1H3;2-6H,1H3;3-6H2,1-2H3;1H2,2-3H3;3-4H2,1-2H3;2*3-4H,1-2H3;2*1-2H3;3H2,1-2H3;3H,1-2H3;2*1-2H3;1-2H3/b;;;;;;4-3+;4-3-;;;;;;;. The summed E-state index contributed by atoms with van der Waals surface area (Å²) >= 11 is 1.75. The summed E-state index contributed by atoms with van der Waals surface area (Å²) in [6, 6.07) is 36.2. The number of unbranched alkanes of at least 4 members (excludes halogenated alkanes) is 4. The highest BCUT2D eigenvalue weighted by molar-refractivity contribution is 7.97. The Bertz CT molecular complexity index is 1950. The highest BCUT2D eigenvalue weighted by Crippen LogP contribution is 2.27. The maximum absolute atomic E-state index is 9.44. The lowest BCUT2D eigenvalue weighted by atomic mass is 9.94. The van der Waals surface area contributed by atoms with Crippen LogP contribution in [0.3, 0.4) is 0 Å². The first-order valence-corrected chi connectivity index (χ1v) is 30.1. The van der Waals surface area contributed by atoms with Crippen LogP contribution in [0.1, 0.15) is 204 Å². The van der Waals surface area contributed by atoms with Gasteiger partial charge in [0, 0.05) is 14.2 Å². The summed E-state index contributed by atoms with van der Waals surface area (Å²) in [5.74, 6) is 5.53. The van der Waals surface area contributed by atoms with E-state index in [0.29, 0.717) is 0 Å². The van der Waals surface area contributed by atoms with Crippen molar-refractivity contribution in [2.45, 2.75) is 203 Å². The minimum Gasteiger partial charge on any atom is -0.388 e. The normalized spacial score (nSPS) is 8.97. The molecule has 0 atom stereocenters. The molecule has 0 aromatic heterocycles. The molecule has 3 nitrogen and oxygen atoms in total. The Morgan fingerprint density at radius 2 is 0.948 bits per heavy atom. The van der Waals surface area contributed by atoms with Gasteiger partial charge in [0.1, 0.15) is 5.78 Å². The maximum Gasteiger partial charge on any atom is 0.126 e. The topological polar surface area (TPSA) is 38.3 Å². The number of thioether (sulfide) groups is 1. The molecule has 5 aromatic rings. The molecule has 6 rings (SSSR count). The molecule has 1 aliphatic rings. The SMILES string of the molecule is C/C=C/C.C/C=C\C.C=C(C)C.CC.CC#CC.CC(C)=O.CCC.CCCC.CCCCCC.CNC.COC.CSC.Cc1c2ccccc2cc2ccccc12.Cc1cccc2c1C=CCC2.Cc1ccccc1. The zero-order valence-corrected chi connectivity index (χ0v) is 56.4. The number of ether oxygens (including phenoxy) is 1. The predicted octanol–water partition coefficient (Wildman–Crippen LogP) is 23.5. The molecule has 0 radical (unpaired) electrons. The summed E-state index contributed by atoms with van der Waals surface area (Å²) in [7, 11) is 7.00. The molecule has 440 valence electrons. The molecule has 5 aromatic carbocycles. The van der Waals surface area contributed by atoms with Crippen LogP contribution < -0.4 is 5.32 Å². The molecule has 0 fully saturated rings. The Morgan fingerprint density at radius 3 is 1.21 bits per heavy atom. The van der Waals surface area contributed by atoms with Gasteiger partial charge in [0.2, 0.25) is 0 Å². The zero-order chi connectivity index (χ0) is 61.5. The van der Waals surface area contributed by atoms with Crippen molar-refractivity contribution < 1.29 is 9.53 Å². The van der Waals surface area contributed by atoms with Gasteiger partial charge < -0.3 is 14.8 Å². The lowest BCUT2D eigenvalue weighted by molar-refractivity contribution is -0.115. The van der Waals surface area contributed by atoms with Crippen LogP contribution in [0, 0.1) is 32.6 Å². The van der Waals surface area contributed by atoms with E-state index in [9.17, 15) is 4.79 Å². The van der Waals surface area contributed by atoms with Crippen LogP contribution in [0.25, 0.3) is 27.6 Å². The summed E-state index contributed by atoms with van der Waals surface area (Å²) in [5, 5.41) is 8.12. The van der Waals surface area contributed by atoms with Crippen molar-refractivity contribution in [3.8, 4) is 11.8 Å². The number of allylic oxidation sites excluding steroid dienone is 6. The van der Waals surface area contributed by atoms with Gasteiger partial charge in [-0.25, -0.2) is 0 Å². The number of rotatable bonds is 4. The fourth-order valence-corrected chi connectivity index (χ4v) is 4.91. The van der Waals surface area contributed by atoms with E-state index in [2.05, 4.69) is 188 Å². The van der Waals surface area contributed by atoms with Gasteiger partial charge in [0.15, 0.2) is 0 Å². The van der Waals surface area contributed by atoms with Crippen LogP contribution in [0.4, 0.5) is 0 Å². The molecule has 0 saturated carbocycles. The maximum atomic E-state index is 9.44. The first kappa shape index (κ1) is 91.5.